The monoisotopic (exact) mass is 424 g/mol. The summed E-state index contributed by atoms with van der Waals surface area (Å²) < 4.78 is 2.24. The van der Waals surface area contributed by atoms with Gasteiger partial charge in [-0.1, -0.05) is 90.2 Å². The summed E-state index contributed by atoms with van der Waals surface area (Å²) in [6.45, 7) is 0.874. The second-order valence-electron chi connectivity index (χ2n) is 7.64. The molecule has 1 aliphatic rings. The molecule has 0 saturated carbocycles. The van der Waals surface area contributed by atoms with Crippen LogP contribution in [0.2, 0.25) is 0 Å². The molecule has 5 heteroatoms. The van der Waals surface area contributed by atoms with Crippen molar-refractivity contribution in [3.05, 3.63) is 96.1 Å². The predicted octanol–water partition coefficient (Wildman–Crippen LogP) is 6.45. The van der Waals surface area contributed by atoms with Crippen molar-refractivity contribution in [1.82, 2.24) is 19.7 Å². The third kappa shape index (κ3) is 4.62. The molecule has 0 radical (unpaired) electrons. The lowest BCUT2D eigenvalue weighted by Crippen LogP contribution is -2.04. The number of hydrogen-bond donors (Lipinski definition) is 0. The first kappa shape index (κ1) is 19.8. The van der Waals surface area contributed by atoms with E-state index >= 15 is 0 Å². The normalized spacial score (nSPS) is 13.1. The van der Waals surface area contributed by atoms with Crippen LogP contribution in [0.3, 0.4) is 0 Å². The zero-order chi connectivity index (χ0) is 20.9. The summed E-state index contributed by atoms with van der Waals surface area (Å²) in [5, 5.41) is 11.2. The zero-order valence-electron chi connectivity index (χ0n) is 17.3. The van der Waals surface area contributed by atoms with Crippen LogP contribution in [0.25, 0.3) is 22.4 Å². The van der Waals surface area contributed by atoms with E-state index in [2.05, 4.69) is 75.5 Å². The number of fused-ring (bicyclic) bond motifs is 1. The first-order valence-corrected chi connectivity index (χ1v) is 11.7. The minimum Gasteiger partial charge on any atom is -0.301 e. The van der Waals surface area contributed by atoms with Gasteiger partial charge in [-0.2, -0.15) is 0 Å². The Labute approximate surface area is 186 Å². The second-order valence-corrected chi connectivity index (χ2v) is 8.58. The fraction of sp³-hybridized carbons (Fsp3) is 0.192. The molecule has 0 spiro atoms. The molecule has 0 aliphatic heterocycles. The van der Waals surface area contributed by atoms with Crippen molar-refractivity contribution in [3.8, 4) is 11.5 Å². The fourth-order valence-corrected chi connectivity index (χ4v) is 4.75. The van der Waals surface area contributed by atoms with E-state index in [-0.39, 0.29) is 0 Å². The lowest BCUT2D eigenvalue weighted by molar-refractivity contribution is 0.600. The predicted molar refractivity (Wildman–Crippen MR) is 128 cm³/mol. The molecule has 0 N–H and O–H groups in total. The van der Waals surface area contributed by atoms with E-state index in [1.165, 1.54) is 11.1 Å². The lowest BCUT2D eigenvalue weighted by atomic mass is 10.1. The molecule has 0 bridgehead atoms. The first-order valence-electron chi connectivity index (χ1n) is 10.7. The van der Waals surface area contributed by atoms with Crippen molar-refractivity contribution >= 4 is 22.7 Å². The van der Waals surface area contributed by atoms with E-state index in [1.807, 2.05) is 24.3 Å². The van der Waals surface area contributed by atoms with Crippen LogP contribution in [-0.2, 0) is 12.3 Å². The molecule has 4 aromatic rings. The Morgan fingerprint density at radius 3 is 2.65 bits per heavy atom. The van der Waals surface area contributed by atoms with Crippen LogP contribution < -0.4 is 0 Å². The Morgan fingerprint density at radius 2 is 1.77 bits per heavy atom. The molecule has 5 rings (SSSR count). The molecule has 2 aromatic heterocycles. The number of allylic oxidation sites excluding steroid dienone is 4. The van der Waals surface area contributed by atoms with Gasteiger partial charge in [0, 0.05) is 17.7 Å². The van der Waals surface area contributed by atoms with Gasteiger partial charge in [0.1, 0.15) is 5.69 Å². The van der Waals surface area contributed by atoms with Gasteiger partial charge < -0.3 is 4.57 Å². The quantitative estimate of drug-likeness (QED) is 0.305. The highest BCUT2D eigenvalue weighted by Crippen LogP contribution is 2.28. The van der Waals surface area contributed by atoms with Crippen molar-refractivity contribution < 1.29 is 0 Å². The summed E-state index contributed by atoms with van der Waals surface area (Å²) in [5.74, 6) is 1.72. The SMILES string of the molecule is C1=CC(CCCn2c(SCc3ccccc3)nnc2-c2ccc3ccccc3n2)=CC1. The van der Waals surface area contributed by atoms with Gasteiger partial charge in [0.05, 0.1) is 5.52 Å². The Hall–Kier alpha value is -3.18. The molecule has 2 aromatic carbocycles. The van der Waals surface area contributed by atoms with E-state index in [0.29, 0.717) is 0 Å². The summed E-state index contributed by atoms with van der Waals surface area (Å²) in [7, 11) is 0. The number of nitrogens with zero attached hydrogens (tertiary/aromatic N) is 4. The highest BCUT2D eigenvalue weighted by atomic mass is 32.2. The number of aromatic nitrogens is 4. The molecular weight excluding hydrogens is 400 g/mol. The summed E-state index contributed by atoms with van der Waals surface area (Å²) in [6.07, 6.45) is 9.95. The van der Waals surface area contributed by atoms with Crippen LogP contribution in [0.15, 0.2) is 95.7 Å². The van der Waals surface area contributed by atoms with Gasteiger partial charge >= 0.3 is 0 Å². The third-order valence-electron chi connectivity index (χ3n) is 5.45. The van der Waals surface area contributed by atoms with Crippen LogP contribution in [-0.4, -0.2) is 19.7 Å². The smallest absolute Gasteiger partial charge is 0.191 e. The molecule has 1 aliphatic carbocycles. The number of benzene rings is 2. The zero-order valence-corrected chi connectivity index (χ0v) is 18.1. The maximum Gasteiger partial charge on any atom is 0.191 e. The van der Waals surface area contributed by atoms with E-state index in [4.69, 9.17) is 4.98 Å². The Morgan fingerprint density at radius 1 is 0.903 bits per heavy atom. The topological polar surface area (TPSA) is 43.6 Å². The van der Waals surface area contributed by atoms with Crippen molar-refractivity contribution in [1.29, 1.82) is 0 Å². The van der Waals surface area contributed by atoms with Gasteiger partial charge in [0.2, 0.25) is 0 Å². The van der Waals surface area contributed by atoms with E-state index < -0.39 is 0 Å². The number of hydrogen-bond acceptors (Lipinski definition) is 4. The maximum absolute atomic E-state index is 4.87. The minimum atomic E-state index is 0.845. The first-order chi connectivity index (χ1) is 15.4. The van der Waals surface area contributed by atoms with Crippen LogP contribution >= 0.6 is 11.8 Å². The molecule has 0 atom stereocenters. The number of para-hydroxylation sites is 1. The minimum absolute atomic E-state index is 0.845. The van der Waals surface area contributed by atoms with E-state index in [9.17, 15) is 0 Å². The standard InChI is InChI=1S/C26H24N4S/c1-2-11-21(12-3-1)19-31-26-29-28-25(30(26)18-8-13-20-9-4-5-10-20)24-17-16-22-14-6-7-15-23(22)27-24/h1-4,6-7,9-12,14-17H,5,8,13,18-19H2. The van der Waals surface area contributed by atoms with Crippen LogP contribution in [0.4, 0.5) is 0 Å². The second kappa shape index (κ2) is 9.31. The molecule has 0 unspecified atom stereocenters. The van der Waals surface area contributed by atoms with E-state index in [1.54, 1.807) is 11.8 Å². The molecule has 31 heavy (non-hydrogen) atoms. The largest absolute Gasteiger partial charge is 0.301 e. The highest BCUT2D eigenvalue weighted by Gasteiger charge is 2.16. The number of rotatable bonds is 8. The molecule has 0 amide bonds. The van der Waals surface area contributed by atoms with Gasteiger partial charge in [-0.25, -0.2) is 4.98 Å². The Kier molecular flexibility index (Phi) is 5.94. The third-order valence-corrected chi connectivity index (χ3v) is 6.49. The Balaban J connectivity index is 1.42. The molecule has 4 nitrogen and oxygen atoms in total. The fourth-order valence-electron chi connectivity index (χ4n) is 3.83. The van der Waals surface area contributed by atoms with Crippen LogP contribution in [0.5, 0.6) is 0 Å². The summed E-state index contributed by atoms with van der Waals surface area (Å²) in [4.78, 5) is 4.87. The molecule has 0 saturated heterocycles. The van der Waals surface area contributed by atoms with Crippen molar-refractivity contribution in [3.63, 3.8) is 0 Å². The average molecular weight is 425 g/mol. The van der Waals surface area contributed by atoms with Crippen LogP contribution in [0.1, 0.15) is 24.8 Å². The molecule has 154 valence electrons. The number of pyridine rings is 1. The van der Waals surface area contributed by atoms with Crippen molar-refractivity contribution in [2.75, 3.05) is 0 Å². The summed E-state index contributed by atoms with van der Waals surface area (Å²) >= 11 is 1.73. The van der Waals surface area contributed by atoms with Gasteiger partial charge in [0.25, 0.3) is 0 Å². The molecule has 2 heterocycles. The van der Waals surface area contributed by atoms with Crippen LogP contribution in [0, 0.1) is 0 Å². The summed E-state index contributed by atoms with van der Waals surface area (Å²) in [5.41, 5.74) is 4.57. The maximum atomic E-state index is 4.87. The van der Waals surface area contributed by atoms with Gasteiger partial charge in [-0.15, -0.1) is 10.2 Å². The molecular formula is C26H24N4S. The lowest BCUT2D eigenvalue weighted by Gasteiger charge is -2.11. The Bertz CT molecular complexity index is 1240. The van der Waals surface area contributed by atoms with Gasteiger partial charge in [-0.3, -0.25) is 0 Å². The van der Waals surface area contributed by atoms with E-state index in [0.717, 1.165) is 59.1 Å². The van der Waals surface area contributed by atoms with Gasteiger partial charge in [-0.05, 0) is 37.0 Å². The van der Waals surface area contributed by atoms with Crippen molar-refractivity contribution in [2.24, 2.45) is 0 Å². The average Bonchev–Trinajstić information content (AvgIpc) is 3.48. The number of thioether (sulfide) groups is 1. The van der Waals surface area contributed by atoms with Crippen molar-refractivity contribution in [2.45, 2.75) is 36.7 Å². The van der Waals surface area contributed by atoms with Gasteiger partial charge in [0.15, 0.2) is 11.0 Å². The molecule has 0 fully saturated rings. The summed E-state index contributed by atoms with van der Waals surface area (Å²) in [6, 6.07) is 22.9. The highest BCUT2D eigenvalue weighted by molar-refractivity contribution is 7.98.